The molecule has 1 aromatic heterocycles. The van der Waals surface area contributed by atoms with E-state index < -0.39 is 11.9 Å². The smallest absolute Gasteiger partial charge is 0.310 e. The Balaban J connectivity index is 1.57. The van der Waals surface area contributed by atoms with Crippen molar-refractivity contribution >= 4 is 28.5 Å². The molecule has 27 heavy (non-hydrogen) atoms. The number of methoxy groups -OCH3 is 1. The zero-order valence-electron chi connectivity index (χ0n) is 15.5. The summed E-state index contributed by atoms with van der Waals surface area (Å²) in [6.45, 7) is 3.51. The molecule has 3 aromatic rings. The van der Waals surface area contributed by atoms with E-state index in [2.05, 4.69) is 5.32 Å². The van der Waals surface area contributed by atoms with Crippen molar-refractivity contribution in [1.29, 1.82) is 0 Å². The monoisotopic (exact) mass is 367 g/mol. The average Bonchev–Trinajstić information content (AvgIpc) is 3.02. The van der Waals surface area contributed by atoms with E-state index in [0.29, 0.717) is 11.4 Å². The second-order valence-electron chi connectivity index (χ2n) is 6.35. The van der Waals surface area contributed by atoms with Gasteiger partial charge in [-0.15, -0.1) is 0 Å². The van der Waals surface area contributed by atoms with Crippen molar-refractivity contribution < 1.29 is 23.5 Å². The molecule has 0 bridgehead atoms. The Morgan fingerprint density at radius 1 is 1.07 bits per heavy atom. The lowest BCUT2D eigenvalue weighted by molar-refractivity contribution is -0.146. The summed E-state index contributed by atoms with van der Waals surface area (Å²) >= 11 is 0. The van der Waals surface area contributed by atoms with Crippen molar-refractivity contribution in [2.24, 2.45) is 0 Å². The molecule has 6 heteroatoms. The van der Waals surface area contributed by atoms with Gasteiger partial charge in [-0.1, -0.05) is 18.2 Å². The van der Waals surface area contributed by atoms with Crippen LogP contribution in [-0.2, 0) is 20.7 Å². The van der Waals surface area contributed by atoms with Crippen LogP contribution >= 0.6 is 0 Å². The minimum absolute atomic E-state index is 0.0388. The van der Waals surface area contributed by atoms with Gasteiger partial charge < -0.3 is 19.2 Å². The van der Waals surface area contributed by atoms with Crippen LogP contribution in [0.5, 0.6) is 5.75 Å². The van der Waals surface area contributed by atoms with Crippen molar-refractivity contribution in [3.63, 3.8) is 0 Å². The molecule has 0 saturated carbocycles. The number of hydrogen-bond acceptors (Lipinski definition) is 5. The van der Waals surface area contributed by atoms with Crippen LogP contribution in [0.4, 0.5) is 5.69 Å². The highest BCUT2D eigenvalue weighted by atomic mass is 16.5. The van der Waals surface area contributed by atoms with Gasteiger partial charge in [0.15, 0.2) is 6.61 Å². The molecule has 140 valence electrons. The quantitative estimate of drug-likeness (QED) is 0.671. The average molecular weight is 367 g/mol. The van der Waals surface area contributed by atoms with Gasteiger partial charge >= 0.3 is 5.97 Å². The van der Waals surface area contributed by atoms with Crippen molar-refractivity contribution in [2.75, 3.05) is 19.0 Å². The minimum Gasteiger partial charge on any atom is -0.495 e. The number of carbonyl (C=O) groups is 2. The van der Waals surface area contributed by atoms with E-state index in [-0.39, 0.29) is 13.0 Å². The van der Waals surface area contributed by atoms with E-state index in [4.69, 9.17) is 13.9 Å². The normalized spacial score (nSPS) is 10.6. The Labute approximate surface area is 157 Å². The first kappa shape index (κ1) is 18.5. The molecule has 0 spiro atoms. The zero-order chi connectivity index (χ0) is 19.4. The van der Waals surface area contributed by atoms with E-state index in [9.17, 15) is 9.59 Å². The Hall–Kier alpha value is -3.28. The first-order valence-electron chi connectivity index (χ1n) is 8.53. The van der Waals surface area contributed by atoms with E-state index in [1.54, 1.807) is 18.4 Å². The second kappa shape index (κ2) is 7.95. The number of aryl methyl sites for hydroxylation is 2. The van der Waals surface area contributed by atoms with Gasteiger partial charge in [-0.3, -0.25) is 9.59 Å². The van der Waals surface area contributed by atoms with E-state index in [1.165, 1.54) is 7.11 Å². The maximum absolute atomic E-state index is 12.1. The molecule has 0 radical (unpaired) electrons. The van der Waals surface area contributed by atoms with Crippen LogP contribution in [-0.4, -0.2) is 25.6 Å². The van der Waals surface area contributed by atoms with Crippen LogP contribution in [0.3, 0.4) is 0 Å². The predicted molar refractivity (Wildman–Crippen MR) is 102 cm³/mol. The Kier molecular flexibility index (Phi) is 5.45. The van der Waals surface area contributed by atoms with Crippen LogP contribution in [0.2, 0.25) is 0 Å². The van der Waals surface area contributed by atoms with Gasteiger partial charge in [0.2, 0.25) is 0 Å². The lowest BCUT2D eigenvalue weighted by Crippen LogP contribution is -2.22. The molecule has 3 rings (SSSR count). The third-order valence-electron chi connectivity index (χ3n) is 4.14. The number of nitrogens with one attached hydrogen (secondary N) is 1. The molecule has 0 aliphatic carbocycles. The molecule has 0 atom stereocenters. The molecule has 0 aliphatic rings. The predicted octanol–water partition coefficient (Wildman–Crippen LogP) is 3.78. The fraction of sp³-hybridized carbons (Fsp3) is 0.238. The number of amides is 1. The number of anilines is 1. The molecule has 0 fully saturated rings. The van der Waals surface area contributed by atoms with Gasteiger partial charge in [0.25, 0.3) is 5.91 Å². The molecule has 1 heterocycles. The maximum atomic E-state index is 12.1. The fourth-order valence-corrected chi connectivity index (χ4v) is 2.79. The number of ether oxygens (including phenoxy) is 2. The first-order chi connectivity index (χ1) is 13.0. The first-order valence-corrected chi connectivity index (χ1v) is 8.53. The third-order valence-corrected chi connectivity index (χ3v) is 4.14. The summed E-state index contributed by atoms with van der Waals surface area (Å²) in [5.74, 6) is -0.384. The zero-order valence-corrected chi connectivity index (χ0v) is 15.5. The largest absolute Gasteiger partial charge is 0.495 e. The number of fused-ring (bicyclic) bond motifs is 1. The third kappa shape index (κ3) is 4.47. The minimum atomic E-state index is -0.496. The Morgan fingerprint density at radius 3 is 2.59 bits per heavy atom. The molecule has 0 aliphatic heterocycles. The molecule has 0 saturated heterocycles. The number of esters is 1. The lowest BCUT2D eigenvalue weighted by Gasteiger charge is -2.11. The summed E-state index contributed by atoms with van der Waals surface area (Å²) in [5.41, 5.74) is 4.05. The van der Waals surface area contributed by atoms with Crippen LogP contribution in [0.1, 0.15) is 16.7 Å². The standard InChI is InChI=1S/C21H21NO5/c1-13-5-7-18(25-3)17(8-13)22-20(23)12-27-21(24)10-15-11-26-19-9-14(2)4-6-16(15)19/h4-9,11H,10,12H2,1-3H3,(H,22,23). The van der Waals surface area contributed by atoms with Gasteiger partial charge in [-0.05, 0) is 43.2 Å². The van der Waals surface area contributed by atoms with Crippen LogP contribution in [0.15, 0.2) is 47.1 Å². The van der Waals surface area contributed by atoms with Gasteiger partial charge in [0, 0.05) is 10.9 Å². The molecule has 0 unspecified atom stereocenters. The van der Waals surface area contributed by atoms with E-state index in [1.807, 2.05) is 38.1 Å². The SMILES string of the molecule is COc1ccc(C)cc1NC(=O)COC(=O)Cc1coc2cc(C)ccc12. The van der Waals surface area contributed by atoms with Crippen molar-refractivity contribution in [2.45, 2.75) is 20.3 Å². The summed E-state index contributed by atoms with van der Waals surface area (Å²) in [7, 11) is 1.52. The van der Waals surface area contributed by atoms with Crippen LogP contribution < -0.4 is 10.1 Å². The molecular weight excluding hydrogens is 346 g/mol. The molecule has 6 nitrogen and oxygen atoms in total. The summed E-state index contributed by atoms with van der Waals surface area (Å²) in [5, 5.41) is 3.56. The van der Waals surface area contributed by atoms with E-state index in [0.717, 1.165) is 27.7 Å². The Morgan fingerprint density at radius 2 is 1.81 bits per heavy atom. The number of benzene rings is 2. The second-order valence-corrected chi connectivity index (χ2v) is 6.35. The molecular formula is C21H21NO5. The van der Waals surface area contributed by atoms with Gasteiger partial charge in [0.1, 0.15) is 11.3 Å². The summed E-state index contributed by atoms with van der Waals surface area (Å²) < 4.78 is 15.8. The molecule has 1 N–H and O–H groups in total. The number of hydrogen-bond donors (Lipinski definition) is 1. The lowest BCUT2D eigenvalue weighted by atomic mass is 10.1. The highest BCUT2D eigenvalue weighted by molar-refractivity contribution is 5.94. The fourth-order valence-electron chi connectivity index (χ4n) is 2.79. The van der Waals surface area contributed by atoms with Gasteiger partial charge in [0.05, 0.1) is 25.5 Å². The molecule has 2 aromatic carbocycles. The Bertz CT molecular complexity index is 989. The van der Waals surface area contributed by atoms with Crippen molar-refractivity contribution in [3.05, 3.63) is 59.4 Å². The van der Waals surface area contributed by atoms with Crippen molar-refractivity contribution in [3.8, 4) is 5.75 Å². The highest BCUT2D eigenvalue weighted by Gasteiger charge is 2.14. The number of rotatable bonds is 6. The summed E-state index contributed by atoms with van der Waals surface area (Å²) in [6.07, 6.45) is 1.58. The summed E-state index contributed by atoms with van der Waals surface area (Å²) in [6, 6.07) is 11.2. The number of carbonyl (C=O) groups excluding carboxylic acids is 2. The summed E-state index contributed by atoms with van der Waals surface area (Å²) in [4.78, 5) is 24.2. The molecule has 1 amide bonds. The van der Waals surface area contributed by atoms with Crippen LogP contribution in [0, 0.1) is 13.8 Å². The van der Waals surface area contributed by atoms with Gasteiger partial charge in [-0.2, -0.15) is 0 Å². The highest BCUT2D eigenvalue weighted by Crippen LogP contribution is 2.25. The van der Waals surface area contributed by atoms with Crippen LogP contribution in [0.25, 0.3) is 11.0 Å². The van der Waals surface area contributed by atoms with E-state index >= 15 is 0 Å². The maximum Gasteiger partial charge on any atom is 0.310 e. The van der Waals surface area contributed by atoms with Gasteiger partial charge in [-0.25, -0.2) is 0 Å². The number of furan rings is 1. The topological polar surface area (TPSA) is 77.8 Å². The van der Waals surface area contributed by atoms with Crippen molar-refractivity contribution in [1.82, 2.24) is 0 Å².